The Morgan fingerprint density at radius 2 is 2.55 bits per heavy atom. The Labute approximate surface area is 68.0 Å². The summed E-state index contributed by atoms with van der Waals surface area (Å²) in [5.41, 5.74) is 0.688. The molecule has 0 fully saturated rings. The lowest BCUT2D eigenvalue weighted by Crippen LogP contribution is -1.89. The number of carbonyl (C=O) groups is 1. The molecule has 0 aliphatic carbocycles. The van der Waals surface area contributed by atoms with Gasteiger partial charge < -0.3 is 5.11 Å². The minimum atomic E-state index is -0.933. The first-order valence-corrected chi connectivity index (χ1v) is 3.89. The summed E-state index contributed by atoms with van der Waals surface area (Å²) in [7, 11) is 0. The fourth-order valence-corrected chi connectivity index (χ4v) is 1.28. The Kier molecular flexibility index (Phi) is 2.38. The van der Waals surface area contributed by atoms with Crippen LogP contribution in [0.5, 0.6) is 0 Å². The number of hydrogen-bond acceptors (Lipinski definition) is 3. The van der Waals surface area contributed by atoms with E-state index in [9.17, 15) is 4.79 Å². The topological polar surface area (TPSA) is 50.2 Å². The molecule has 0 saturated heterocycles. The van der Waals surface area contributed by atoms with Gasteiger partial charge in [-0.1, -0.05) is 0 Å². The van der Waals surface area contributed by atoms with Crippen LogP contribution in [0, 0.1) is 0 Å². The van der Waals surface area contributed by atoms with Gasteiger partial charge in [0.2, 0.25) is 0 Å². The fourth-order valence-electron chi connectivity index (χ4n) is 0.665. The molecule has 0 atom stereocenters. The zero-order chi connectivity index (χ0) is 8.27. The van der Waals surface area contributed by atoms with Crippen molar-refractivity contribution in [2.75, 3.05) is 0 Å². The van der Waals surface area contributed by atoms with Crippen LogP contribution in [0.1, 0.15) is 11.9 Å². The van der Waals surface area contributed by atoms with Crippen molar-refractivity contribution in [2.24, 2.45) is 0 Å². The summed E-state index contributed by atoms with van der Waals surface area (Å²) in [6.07, 6.45) is 2.80. The summed E-state index contributed by atoms with van der Waals surface area (Å²) in [6.45, 7) is 1.73. The number of carboxylic acid groups (broad SMARTS) is 1. The average Bonchev–Trinajstić information content (AvgIpc) is 2.35. The van der Waals surface area contributed by atoms with Gasteiger partial charge in [0, 0.05) is 17.7 Å². The molecule has 1 heterocycles. The molecule has 0 radical (unpaired) electrons. The quantitative estimate of drug-likeness (QED) is 0.684. The van der Waals surface area contributed by atoms with Gasteiger partial charge in [-0.25, -0.2) is 9.78 Å². The van der Waals surface area contributed by atoms with Gasteiger partial charge in [0.25, 0.3) is 0 Å². The van der Waals surface area contributed by atoms with Gasteiger partial charge in [-0.05, 0) is 12.5 Å². The molecule has 0 aliphatic heterocycles. The van der Waals surface area contributed by atoms with Crippen LogP contribution >= 0.6 is 11.3 Å². The molecule has 58 valence electrons. The highest BCUT2D eigenvalue weighted by Gasteiger charge is 1.99. The SMILES string of the molecule is CC(=CC(=O)O)c1nccs1. The van der Waals surface area contributed by atoms with Crippen molar-refractivity contribution >= 4 is 22.9 Å². The molecule has 0 spiro atoms. The third kappa shape index (κ3) is 2.16. The van der Waals surface area contributed by atoms with Gasteiger partial charge >= 0.3 is 5.97 Å². The summed E-state index contributed by atoms with van der Waals surface area (Å²) in [6, 6.07) is 0. The lowest BCUT2D eigenvalue weighted by Gasteiger charge is -1.90. The van der Waals surface area contributed by atoms with Gasteiger partial charge in [-0.2, -0.15) is 0 Å². The second kappa shape index (κ2) is 3.30. The van der Waals surface area contributed by atoms with E-state index in [1.165, 1.54) is 11.3 Å². The second-order valence-electron chi connectivity index (χ2n) is 2.00. The highest BCUT2D eigenvalue weighted by atomic mass is 32.1. The van der Waals surface area contributed by atoms with E-state index in [0.717, 1.165) is 11.1 Å². The van der Waals surface area contributed by atoms with Gasteiger partial charge in [0.1, 0.15) is 5.01 Å². The number of hydrogen-bond donors (Lipinski definition) is 1. The molecule has 0 aliphatic rings. The predicted molar refractivity (Wildman–Crippen MR) is 43.4 cm³/mol. The van der Waals surface area contributed by atoms with Gasteiger partial charge in [0.15, 0.2) is 0 Å². The number of carboxylic acids is 1. The number of rotatable bonds is 2. The number of nitrogens with zero attached hydrogens (tertiary/aromatic N) is 1. The third-order valence-electron chi connectivity index (χ3n) is 1.11. The lowest BCUT2D eigenvalue weighted by molar-refractivity contribution is -0.131. The summed E-state index contributed by atoms with van der Waals surface area (Å²) in [5, 5.41) is 11.0. The van der Waals surface area contributed by atoms with Crippen LogP contribution in [0.15, 0.2) is 17.7 Å². The monoisotopic (exact) mass is 169 g/mol. The minimum Gasteiger partial charge on any atom is -0.478 e. The van der Waals surface area contributed by atoms with Gasteiger partial charge in [-0.3, -0.25) is 0 Å². The van der Waals surface area contributed by atoms with Crippen LogP contribution in [-0.2, 0) is 4.79 Å². The van der Waals surface area contributed by atoms with E-state index in [2.05, 4.69) is 4.98 Å². The maximum absolute atomic E-state index is 10.2. The van der Waals surface area contributed by atoms with Crippen molar-refractivity contribution in [1.82, 2.24) is 4.98 Å². The van der Waals surface area contributed by atoms with Crippen molar-refractivity contribution < 1.29 is 9.90 Å². The normalized spacial score (nSPS) is 11.5. The maximum atomic E-state index is 10.2. The molecular weight excluding hydrogens is 162 g/mol. The summed E-state index contributed by atoms with van der Waals surface area (Å²) >= 11 is 1.43. The van der Waals surface area contributed by atoms with E-state index >= 15 is 0 Å². The molecule has 1 rings (SSSR count). The van der Waals surface area contributed by atoms with Crippen molar-refractivity contribution in [3.05, 3.63) is 22.7 Å². The van der Waals surface area contributed by atoms with Crippen LogP contribution in [-0.4, -0.2) is 16.1 Å². The zero-order valence-electron chi connectivity index (χ0n) is 5.94. The molecule has 11 heavy (non-hydrogen) atoms. The Morgan fingerprint density at radius 3 is 3.00 bits per heavy atom. The van der Waals surface area contributed by atoms with E-state index in [0.29, 0.717) is 5.57 Å². The Balaban J connectivity index is 2.86. The number of thiazole rings is 1. The number of aromatic nitrogens is 1. The molecule has 0 saturated carbocycles. The van der Waals surface area contributed by atoms with E-state index in [4.69, 9.17) is 5.11 Å². The van der Waals surface area contributed by atoms with Crippen molar-refractivity contribution in [3.8, 4) is 0 Å². The van der Waals surface area contributed by atoms with E-state index in [1.807, 2.05) is 5.38 Å². The first-order chi connectivity index (χ1) is 5.20. The summed E-state index contributed by atoms with van der Waals surface area (Å²) in [4.78, 5) is 14.2. The Hall–Kier alpha value is -1.16. The minimum absolute atomic E-state index is 0.688. The third-order valence-corrected chi connectivity index (χ3v) is 2.02. The predicted octanol–water partition coefficient (Wildman–Crippen LogP) is 1.63. The maximum Gasteiger partial charge on any atom is 0.328 e. The first kappa shape index (κ1) is 7.94. The fraction of sp³-hybridized carbons (Fsp3) is 0.143. The molecule has 0 bridgehead atoms. The van der Waals surface area contributed by atoms with Crippen LogP contribution in [0.2, 0.25) is 0 Å². The van der Waals surface area contributed by atoms with Gasteiger partial charge in [-0.15, -0.1) is 11.3 Å². The van der Waals surface area contributed by atoms with Crippen LogP contribution in [0.4, 0.5) is 0 Å². The molecule has 0 amide bonds. The molecule has 4 heteroatoms. The van der Waals surface area contributed by atoms with Crippen molar-refractivity contribution in [3.63, 3.8) is 0 Å². The number of allylic oxidation sites excluding steroid dienone is 1. The van der Waals surface area contributed by atoms with Crippen molar-refractivity contribution in [1.29, 1.82) is 0 Å². The highest BCUT2D eigenvalue weighted by Crippen LogP contribution is 2.15. The Bertz CT molecular complexity index is 277. The largest absolute Gasteiger partial charge is 0.478 e. The lowest BCUT2D eigenvalue weighted by atomic mass is 10.3. The molecule has 3 nitrogen and oxygen atoms in total. The van der Waals surface area contributed by atoms with E-state index in [-0.39, 0.29) is 0 Å². The summed E-state index contributed by atoms with van der Waals surface area (Å²) in [5.74, 6) is -0.933. The molecule has 1 aromatic heterocycles. The van der Waals surface area contributed by atoms with E-state index < -0.39 is 5.97 Å². The standard InChI is InChI=1S/C7H7NO2S/c1-5(4-6(9)10)7-8-2-3-11-7/h2-4H,1H3,(H,9,10). The Morgan fingerprint density at radius 1 is 1.82 bits per heavy atom. The molecular formula is C7H7NO2S. The van der Waals surface area contributed by atoms with Crippen molar-refractivity contribution in [2.45, 2.75) is 6.92 Å². The van der Waals surface area contributed by atoms with Crippen LogP contribution in [0.3, 0.4) is 0 Å². The molecule has 0 aromatic carbocycles. The van der Waals surface area contributed by atoms with Gasteiger partial charge in [0.05, 0.1) is 0 Å². The second-order valence-corrected chi connectivity index (χ2v) is 2.90. The average molecular weight is 169 g/mol. The smallest absolute Gasteiger partial charge is 0.328 e. The first-order valence-electron chi connectivity index (χ1n) is 3.01. The highest BCUT2D eigenvalue weighted by molar-refractivity contribution is 7.10. The molecule has 1 N–H and O–H groups in total. The van der Waals surface area contributed by atoms with Crippen LogP contribution in [0.25, 0.3) is 5.57 Å². The molecule has 0 unspecified atom stereocenters. The van der Waals surface area contributed by atoms with E-state index in [1.54, 1.807) is 13.1 Å². The van der Waals surface area contributed by atoms with Crippen LogP contribution < -0.4 is 0 Å². The summed E-state index contributed by atoms with van der Waals surface area (Å²) < 4.78 is 0. The number of aliphatic carboxylic acids is 1. The zero-order valence-corrected chi connectivity index (χ0v) is 6.76. The molecule has 1 aromatic rings.